The fraction of sp³-hybridized carbons (Fsp3) is 0.412. The van der Waals surface area contributed by atoms with Crippen molar-refractivity contribution < 1.29 is 23.9 Å². The molecule has 2 aliphatic heterocycles. The Balaban J connectivity index is 1.67. The van der Waals surface area contributed by atoms with Gasteiger partial charge in [-0.2, -0.15) is 0 Å². The predicted octanol–water partition coefficient (Wildman–Crippen LogP) is 0.911. The molecule has 2 fully saturated rings. The van der Waals surface area contributed by atoms with E-state index < -0.39 is 24.0 Å². The number of carbonyl (C=O) groups is 4. The zero-order valence-corrected chi connectivity index (χ0v) is 13.9. The van der Waals surface area contributed by atoms with E-state index in [4.69, 9.17) is 4.74 Å². The summed E-state index contributed by atoms with van der Waals surface area (Å²) in [6, 6.07) is 6.07. The molecular formula is C17H19N3O5. The summed E-state index contributed by atoms with van der Waals surface area (Å²) in [7, 11) is 0. The zero-order chi connectivity index (χ0) is 18.0. The number of anilines is 1. The standard InChI is InChI=1S/C17H19N3O5/c1-11(15(22)20-9-7-18-17(20)24)25-16(23)12-4-2-5-13(10-12)19-8-3-6-14(19)21/h2,4-5,10-11H,3,6-9H2,1H3,(H,18,24)/t11-/m1/s1. The first-order valence-corrected chi connectivity index (χ1v) is 8.18. The quantitative estimate of drug-likeness (QED) is 0.818. The number of urea groups is 1. The van der Waals surface area contributed by atoms with Gasteiger partial charge in [0.05, 0.1) is 5.56 Å². The van der Waals surface area contributed by atoms with Crippen LogP contribution in [0.4, 0.5) is 10.5 Å². The summed E-state index contributed by atoms with van der Waals surface area (Å²) in [5.41, 5.74) is 0.887. The van der Waals surface area contributed by atoms with Crippen molar-refractivity contribution in [2.75, 3.05) is 24.5 Å². The molecule has 2 saturated heterocycles. The molecule has 0 aliphatic carbocycles. The SMILES string of the molecule is C[C@@H](OC(=O)c1cccc(N2CCCC2=O)c1)C(=O)N1CCNC1=O. The van der Waals surface area contributed by atoms with Crippen molar-refractivity contribution in [1.29, 1.82) is 0 Å². The van der Waals surface area contributed by atoms with Gasteiger partial charge in [0.2, 0.25) is 5.91 Å². The first-order valence-electron chi connectivity index (χ1n) is 8.18. The highest BCUT2D eigenvalue weighted by molar-refractivity contribution is 6.00. The number of rotatable bonds is 4. The van der Waals surface area contributed by atoms with E-state index in [1.54, 1.807) is 29.2 Å². The van der Waals surface area contributed by atoms with Gasteiger partial charge in [0, 0.05) is 31.7 Å². The molecule has 1 aromatic carbocycles. The van der Waals surface area contributed by atoms with Crippen LogP contribution in [-0.2, 0) is 14.3 Å². The van der Waals surface area contributed by atoms with Crippen LogP contribution in [0.2, 0.25) is 0 Å². The van der Waals surface area contributed by atoms with Gasteiger partial charge in [-0.3, -0.25) is 14.5 Å². The monoisotopic (exact) mass is 345 g/mol. The topological polar surface area (TPSA) is 96.0 Å². The number of esters is 1. The lowest BCUT2D eigenvalue weighted by atomic mass is 10.2. The van der Waals surface area contributed by atoms with Gasteiger partial charge in [0.15, 0.2) is 6.10 Å². The first-order chi connectivity index (χ1) is 12.0. The average molecular weight is 345 g/mol. The van der Waals surface area contributed by atoms with Crippen LogP contribution in [0.5, 0.6) is 0 Å². The Morgan fingerprint density at radius 1 is 1.24 bits per heavy atom. The second-order valence-corrected chi connectivity index (χ2v) is 5.97. The Kier molecular flexibility index (Phi) is 4.69. The molecule has 132 valence electrons. The van der Waals surface area contributed by atoms with Crippen molar-refractivity contribution in [3.05, 3.63) is 29.8 Å². The summed E-state index contributed by atoms with van der Waals surface area (Å²) in [4.78, 5) is 50.5. The number of hydrogen-bond donors (Lipinski definition) is 1. The number of imide groups is 1. The highest BCUT2D eigenvalue weighted by Gasteiger charge is 2.32. The highest BCUT2D eigenvalue weighted by Crippen LogP contribution is 2.22. The number of carbonyl (C=O) groups excluding carboxylic acids is 4. The maximum atomic E-state index is 12.3. The highest BCUT2D eigenvalue weighted by atomic mass is 16.5. The van der Waals surface area contributed by atoms with Crippen LogP contribution < -0.4 is 10.2 Å². The van der Waals surface area contributed by atoms with Crippen molar-refractivity contribution >= 4 is 29.5 Å². The molecule has 25 heavy (non-hydrogen) atoms. The number of nitrogens with zero attached hydrogens (tertiary/aromatic N) is 2. The van der Waals surface area contributed by atoms with Gasteiger partial charge in [0.1, 0.15) is 0 Å². The van der Waals surface area contributed by atoms with Crippen LogP contribution in [0.3, 0.4) is 0 Å². The van der Waals surface area contributed by atoms with Gasteiger partial charge < -0.3 is 15.0 Å². The molecule has 0 saturated carbocycles. The van der Waals surface area contributed by atoms with Crippen molar-refractivity contribution in [3.8, 4) is 0 Å². The zero-order valence-electron chi connectivity index (χ0n) is 13.9. The van der Waals surface area contributed by atoms with Crippen molar-refractivity contribution in [3.63, 3.8) is 0 Å². The van der Waals surface area contributed by atoms with Gasteiger partial charge in [-0.25, -0.2) is 9.59 Å². The van der Waals surface area contributed by atoms with E-state index in [1.807, 2.05) is 0 Å². The number of amides is 4. The third kappa shape index (κ3) is 3.47. The molecule has 8 nitrogen and oxygen atoms in total. The molecule has 1 aromatic rings. The van der Waals surface area contributed by atoms with Gasteiger partial charge in [0.25, 0.3) is 5.91 Å². The number of hydrogen-bond acceptors (Lipinski definition) is 5. The lowest BCUT2D eigenvalue weighted by Gasteiger charge is -2.19. The van der Waals surface area contributed by atoms with Crippen LogP contribution in [-0.4, -0.2) is 54.5 Å². The second-order valence-electron chi connectivity index (χ2n) is 5.97. The summed E-state index contributed by atoms with van der Waals surface area (Å²) >= 11 is 0. The maximum Gasteiger partial charge on any atom is 0.338 e. The molecule has 1 N–H and O–H groups in total. The smallest absolute Gasteiger partial charge is 0.338 e. The van der Waals surface area contributed by atoms with Crippen LogP contribution in [0.25, 0.3) is 0 Å². The van der Waals surface area contributed by atoms with Crippen LogP contribution in [0.15, 0.2) is 24.3 Å². The second kappa shape index (κ2) is 6.92. The molecular weight excluding hydrogens is 326 g/mol. The first kappa shape index (κ1) is 16.9. The fourth-order valence-corrected chi connectivity index (χ4v) is 2.90. The minimum atomic E-state index is -1.08. The van der Waals surface area contributed by atoms with E-state index in [0.29, 0.717) is 25.2 Å². The summed E-state index contributed by atoms with van der Waals surface area (Å²) in [5.74, 6) is -1.21. The Bertz CT molecular complexity index is 733. The normalized spacial score (nSPS) is 18.3. The Morgan fingerprint density at radius 3 is 2.68 bits per heavy atom. The van der Waals surface area contributed by atoms with Crippen LogP contribution in [0.1, 0.15) is 30.1 Å². The Hall–Kier alpha value is -2.90. The Morgan fingerprint density at radius 2 is 2.04 bits per heavy atom. The van der Waals surface area contributed by atoms with Crippen molar-refractivity contribution in [2.24, 2.45) is 0 Å². The summed E-state index contributed by atoms with van der Waals surface area (Å²) in [5, 5.41) is 2.52. The molecule has 1 atom stereocenters. The Labute approximate surface area is 144 Å². The van der Waals surface area contributed by atoms with E-state index >= 15 is 0 Å². The molecule has 0 unspecified atom stereocenters. The van der Waals surface area contributed by atoms with Gasteiger partial charge in [-0.05, 0) is 31.5 Å². The lowest BCUT2D eigenvalue weighted by molar-refractivity contribution is -0.136. The van der Waals surface area contributed by atoms with Gasteiger partial charge >= 0.3 is 12.0 Å². The van der Waals surface area contributed by atoms with Crippen LogP contribution >= 0.6 is 0 Å². The minimum Gasteiger partial charge on any atom is -0.449 e. The van der Waals surface area contributed by atoms with Gasteiger partial charge in [-0.15, -0.1) is 0 Å². The molecule has 0 bridgehead atoms. The third-order valence-electron chi connectivity index (χ3n) is 4.22. The average Bonchev–Trinajstić information content (AvgIpc) is 3.22. The van der Waals surface area contributed by atoms with E-state index in [-0.39, 0.29) is 18.0 Å². The number of benzene rings is 1. The summed E-state index contributed by atoms with van der Waals surface area (Å²) < 4.78 is 5.19. The van der Waals surface area contributed by atoms with Gasteiger partial charge in [-0.1, -0.05) is 6.07 Å². The van der Waals surface area contributed by atoms with Crippen LogP contribution in [0, 0.1) is 0 Å². The molecule has 4 amide bonds. The van der Waals surface area contributed by atoms with Crippen molar-refractivity contribution in [2.45, 2.75) is 25.9 Å². The lowest BCUT2D eigenvalue weighted by Crippen LogP contribution is -2.41. The minimum absolute atomic E-state index is 0.0223. The molecule has 0 aromatic heterocycles. The predicted molar refractivity (Wildman–Crippen MR) is 88.0 cm³/mol. The number of ether oxygens (including phenoxy) is 1. The molecule has 2 aliphatic rings. The summed E-state index contributed by atoms with van der Waals surface area (Å²) in [6.07, 6.45) is 0.211. The molecule has 3 rings (SSSR count). The largest absolute Gasteiger partial charge is 0.449 e. The molecule has 0 spiro atoms. The molecule has 2 heterocycles. The fourth-order valence-electron chi connectivity index (χ4n) is 2.90. The van der Waals surface area contributed by atoms with E-state index in [2.05, 4.69) is 5.32 Å². The molecule has 8 heteroatoms. The maximum absolute atomic E-state index is 12.3. The van der Waals surface area contributed by atoms with E-state index in [9.17, 15) is 19.2 Å². The summed E-state index contributed by atoms with van der Waals surface area (Å²) in [6.45, 7) is 2.69. The van der Waals surface area contributed by atoms with E-state index in [0.717, 1.165) is 11.3 Å². The molecule has 0 radical (unpaired) electrons. The van der Waals surface area contributed by atoms with Crippen molar-refractivity contribution in [1.82, 2.24) is 10.2 Å². The van der Waals surface area contributed by atoms with E-state index in [1.165, 1.54) is 6.92 Å². The number of nitrogens with one attached hydrogen (secondary N) is 1. The third-order valence-corrected chi connectivity index (χ3v) is 4.22.